The standard InChI is InChI=1S/C16H21NO2/c1-10-3-2-4-13(10)16(19)12-5-7-14-11(9-12)6-8-15(18)17-14/h5,7,9-10,13,16,19H,2-4,6,8H2,1H3,(H,17,18). The lowest BCUT2D eigenvalue weighted by atomic mass is 9.87. The molecule has 0 spiro atoms. The lowest BCUT2D eigenvalue weighted by Gasteiger charge is -2.24. The molecule has 0 bridgehead atoms. The number of anilines is 1. The van der Waals surface area contributed by atoms with Crippen LogP contribution in [0.3, 0.4) is 0 Å². The smallest absolute Gasteiger partial charge is 0.224 e. The van der Waals surface area contributed by atoms with E-state index in [1.165, 1.54) is 12.8 Å². The van der Waals surface area contributed by atoms with Gasteiger partial charge >= 0.3 is 0 Å². The lowest BCUT2D eigenvalue weighted by molar-refractivity contribution is -0.116. The number of aryl methyl sites for hydroxylation is 1. The van der Waals surface area contributed by atoms with Crippen molar-refractivity contribution in [3.8, 4) is 0 Å². The van der Waals surface area contributed by atoms with Gasteiger partial charge in [-0.1, -0.05) is 31.9 Å². The summed E-state index contributed by atoms with van der Waals surface area (Å²) in [6, 6.07) is 5.97. The summed E-state index contributed by atoms with van der Waals surface area (Å²) in [7, 11) is 0. The van der Waals surface area contributed by atoms with Gasteiger partial charge in [-0.15, -0.1) is 0 Å². The highest BCUT2D eigenvalue weighted by Crippen LogP contribution is 2.40. The molecule has 1 saturated carbocycles. The van der Waals surface area contributed by atoms with Crippen molar-refractivity contribution < 1.29 is 9.90 Å². The number of rotatable bonds is 2. The zero-order valence-electron chi connectivity index (χ0n) is 11.4. The second-order valence-corrected chi connectivity index (χ2v) is 5.98. The van der Waals surface area contributed by atoms with Crippen LogP contribution in [0.15, 0.2) is 18.2 Å². The van der Waals surface area contributed by atoms with Crippen LogP contribution in [0.1, 0.15) is 49.8 Å². The molecule has 3 heteroatoms. The molecule has 1 aromatic rings. The number of carbonyl (C=O) groups excluding carboxylic acids is 1. The average Bonchev–Trinajstić information content (AvgIpc) is 2.83. The number of benzene rings is 1. The van der Waals surface area contributed by atoms with Crippen molar-refractivity contribution in [3.05, 3.63) is 29.3 Å². The van der Waals surface area contributed by atoms with Crippen LogP contribution >= 0.6 is 0 Å². The van der Waals surface area contributed by atoms with Gasteiger partial charge in [-0.25, -0.2) is 0 Å². The van der Waals surface area contributed by atoms with Crippen molar-refractivity contribution in [2.75, 3.05) is 5.32 Å². The number of hydrogen-bond donors (Lipinski definition) is 2. The Morgan fingerprint density at radius 3 is 2.89 bits per heavy atom. The topological polar surface area (TPSA) is 49.3 Å². The first-order valence-corrected chi connectivity index (χ1v) is 7.26. The van der Waals surface area contributed by atoms with E-state index in [-0.39, 0.29) is 12.0 Å². The zero-order valence-corrected chi connectivity index (χ0v) is 11.4. The molecule has 0 saturated heterocycles. The molecule has 1 heterocycles. The minimum atomic E-state index is -0.361. The second kappa shape index (κ2) is 4.97. The van der Waals surface area contributed by atoms with Crippen molar-refractivity contribution in [2.24, 2.45) is 11.8 Å². The number of nitrogens with one attached hydrogen (secondary N) is 1. The second-order valence-electron chi connectivity index (χ2n) is 5.98. The summed E-state index contributed by atoms with van der Waals surface area (Å²) in [5.41, 5.74) is 3.07. The van der Waals surface area contributed by atoms with Gasteiger partial charge in [0.15, 0.2) is 0 Å². The first-order chi connectivity index (χ1) is 9.15. The van der Waals surface area contributed by atoms with Crippen LogP contribution in [0, 0.1) is 11.8 Å². The van der Waals surface area contributed by atoms with Crippen molar-refractivity contribution in [1.82, 2.24) is 0 Å². The summed E-state index contributed by atoms with van der Waals surface area (Å²) < 4.78 is 0. The van der Waals surface area contributed by atoms with Gasteiger partial charge in [0.25, 0.3) is 0 Å². The fraction of sp³-hybridized carbons (Fsp3) is 0.562. The van der Waals surface area contributed by atoms with E-state index in [0.29, 0.717) is 18.3 Å². The third kappa shape index (κ3) is 2.39. The molecule has 2 aliphatic rings. The minimum Gasteiger partial charge on any atom is -0.388 e. The van der Waals surface area contributed by atoms with Gasteiger partial charge < -0.3 is 10.4 Å². The molecule has 1 fully saturated rings. The van der Waals surface area contributed by atoms with E-state index in [2.05, 4.69) is 18.3 Å². The maximum Gasteiger partial charge on any atom is 0.224 e. The fourth-order valence-corrected chi connectivity index (χ4v) is 3.48. The van der Waals surface area contributed by atoms with Crippen molar-refractivity contribution in [3.63, 3.8) is 0 Å². The number of hydrogen-bond acceptors (Lipinski definition) is 2. The SMILES string of the molecule is CC1CCCC1C(O)c1ccc2c(c1)CCC(=O)N2. The highest BCUT2D eigenvalue weighted by molar-refractivity contribution is 5.93. The average molecular weight is 259 g/mol. The van der Waals surface area contributed by atoms with E-state index in [1.807, 2.05) is 12.1 Å². The van der Waals surface area contributed by atoms with Gasteiger partial charge in [0.05, 0.1) is 6.10 Å². The molecule has 1 aromatic carbocycles. The maximum absolute atomic E-state index is 11.3. The van der Waals surface area contributed by atoms with Crippen molar-refractivity contribution in [2.45, 2.75) is 45.1 Å². The number of fused-ring (bicyclic) bond motifs is 1. The molecule has 3 unspecified atom stereocenters. The molecule has 102 valence electrons. The molecule has 1 amide bonds. The molecular weight excluding hydrogens is 238 g/mol. The van der Waals surface area contributed by atoms with Gasteiger partial charge in [-0.05, 0) is 41.9 Å². The Hall–Kier alpha value is -1.35. The Balaban J connectivity index is 1.83. The van der Waals surface area contributed by atoms with E-state index in [4.69, 9.17) is 0 Å². The van der Waals surface area contributed by atoms with E-state index in [9.17, 15) is 9.90 Å². The third-order valence-corrected chi connectivity index (χ3v) is 4.70. The minimum absolute atomic E-state index is 0.0882. The monoisotopic (exact) mass is 259 g/mol. The Morgan fingerprint density at radius 2 is 2.16 bits per heavy atom. The van der Waals surface area contributed by atoms with Gasteiger partial charge in [0, 0.05) is 12.1 Å². The Morgan fingerprint density at radius 1 is 1.32 bits per heavy atom. The van der Waals surface area contributed by atoms with Crippen molar-refractivity contribution >= 4 is 11.6 Å². The molecule has 3 nitrogen and oxygen atoms in total. The van der Waals surface area contributed by atoms with Crippen LogP contribution in [0.2, 0.25) is 0 Å². The highest BCUT2D eigenvalue weighted by atomic mass is 16.3. The highest BCUT2D eigenvalue weighted by Gasteiger charge is 2.31. The quantitative estimate of drug-likeness (QED) is 0.857. The number of aliphatic hydroxyl groups is 1. The van der Waals surface area contributed by atoms with Gasteiger partial charge in [-0.2, -0.15) is 0 Å². The lowest BCUT2D eigenvalue weighted by Crippen LogP contribution is -2.20. The maximum atomic E-state index is 11.3. The number of carbonyl (C=O) groups is 1. The summed E-state index contributed by atoms with van der Waals surface area (Å²) in [6.07, 6.45) is 4.54. The summed E-state index contributed by atoms with van der Waals surface area (Å²) in [4.78, 5) is 11.3. The normalized spacial score (nSPS) is 27.8. The van der Waals surface area contributed by atoms with Crippen LogP contribution in [0.5, 0.6) is 0 Å². The van der Waals surface area contributed by atoms with E-state index in [1.54, 1.807) is 0 Å². The van der Waals surface area contributed by atoms with Gasteiger partial charge in [-0.3, -0.25) is 4.79 Å². The van der Waals surface area contributed by atoms with Crippen LogP contribution in [-0.4, -0.2) is 11.0 Å². The van der Waals surface area contributed by atoms with Crippen LogP contribution < -0.4 is 5.32 Å². The molecular formula is C16H21NO2. The van der Waals surface area contributed by atoms with Crippen LogP contribution in [0.25, 0.3) is 0 Å². The number of amides is 1. The van der Waals surface area contributed by atoms with Crippen molar-refractivity contribution in [1.29, 1.82) is 0 Å². The molecule has 0 aromatic heterocycles. The number of aliphatic hydroxyl groups excluding tert-OH is 1. The Bertz CT molecular complexity index is 498. The third-order valence-electron chi connectivity index (χ3n) is 4.70. The molecule has 2 N–H and O–H groups in total. The fourth-order valence-electron chi connectivity index (χ4n) is 3.48. The molecule has 3 rings (SSSR count). The largest absolute Gasteiger partial charge is 0.388 e. The van der Waals surface area contributed by atoms with Gasteiger partial charge in [0.2, 0.25) is 5.91 Å². The molecule has 1 aliphatic carbocycles. The molecule has 0 radical (unpaired) electrons. The van der Waals surface area contributed by atoms with Crippen LogP contribution in [0.4, 0.5) is 5.69 Å². The Labute approximate surface area is 114 Å². The predicted molar refractivity (Wildman–Crippen MR) is 74.9 cm³/mol. The van der Waals surface area contributed by atoms with E-state index in [0.717, 1.165) is 29.7 Å². The summed E-state index contributed by atoms with van der Waals surface area (Å²) in [6.45, 7) is 2.24. The first kappa shape index (κ1) is 12.7. The van der Waals surface area contributed by atoms with E-state index >= 15 is 0 Å². The summed E-state index contributed by atoms with van der Waals surface area (Å²) in [5, 5.41) is 13.4. The molecule has 1 aliphatic heterocycles. The van der Waals surface area contributed by atoms with Gasteiger partial charge in [0.1, 0.15) is 0 Å². The Kier molecular flexibility index (Phi) is 3.31. The summed E-state index contributed by atoms with van der Waals surface area (Å²) in [5.74, 6) is 1.08. The molecule has 3 atom stereocenters. The van der Waals surface area contributed by atoms with Crippen LogP contribution in [-0.2, 0) is 11.2 Å². The molecule has 19 heavy (non-hydrogen) atoms. The summed E-state index contributed by atoms with van der Waals surface area (Å²) >= 11 is 0. The first-order valence-electron chi connectivity index (χ1n) is 7.26. The zero-order chi connectivity index (χ0) is 13.4. The predicted octanol–water partition coefficient (Wildman–Crippen LogP) is 3.04. The van der Waals surface area contributed by atoms with E-state index < -0.39 is 0 Å².